The molecule has 29 heavy (non-hydrogen) atoms. The lowest BCUT2D eigenvalue weighted by molar-refractivity contribution is -0.134. The number of amides is 1. The minimum atomic E-state index is -0.597. The second-order valence-electron chi connectivity index (χ2n) is 6.38. The van der Waals surface area contributed by atoms with Crippen molar-refractivity contribution in [1.29, 1.82) is 0 Å². The predicted molar refractivity (Wildman–Crippen MR) is 111 cm³/mol. The Balaban J connectivity index is 1.62. The number of hydrogen-bond donors (Lipinski definition) is 0. The normalized spacial score (nSPS) is 10.2. The molecule has 0 aliphatic heterocycles. The summed E-state index contributed by atoms with van der Waals surface area (Å²) in [6.07, 6.45) is 0. The Labute approximate surface area is 170 Å². The molecule has 0 aliphatic carbocycles. The zero-order valence-corrected chi connectivity index (χ0v) is 16.3. The summed E-state index contributed by atoms with van der Waals surface area (Å²) in [5.41, 5.74) is 1.30. The Bertz CT molecular complexity index is 941. The summed E-state index contributed by atoms with van der Waals surface area (Å²) in [7, 11) is 0. The number of ether oxygens (including phenoxy) is 2. The Kier molecular flexibility index (Phi) is 7.00. The van der Waals surface area contributed by atoms with Crippen LogP contribution in [0, 0.1) is 0 Å². The highest BCUT2D eigenvalue weighted by Crippen LogP contribution is 2.25. The molecule has 0 N–H and O–H groups in total. The van der Waals surface area contributed by atoms with E-state index in [1.165, 1.54) is 0 Å². The Morgan fingerprint density at radius 3 is 2.14 bits per heavy atom. The van der Waals surface area contributed by atoms with Gasteiger partial charge in [0, 0.05) is 13.1 Å². The van der Waals surface area contributed by atoms with Crippen molar-refractivity contribution < 1.29 is 19.1 Å². The van der Waals surface area contributed by atoms with Gasteiger partial charge >= 0.3 is 5.97 Å². The smallest absolute Gasteiger partial charge is 0.342 e. The maximum atomic E-state index is 12.6. The van der Waals surface area contributed by atoms with Gasteiger partial charge < -0.3 is 14.4 Å². The zero-order valence-electron chi connectivity index (χ0n) is 16.3. The van der Waals surface area contributed by atoms with Crippen molar-refractivity contribution in [2.24, 2.45) is 0 Å². The van der Waals surface area contributed by atoms with Crippen molar-refractivity contribution in [3.8, 4) is 11.5 Å². The molecule has 0 fully saturated rings. The van der Waals surface area contributed by atoms with Crippen LogP contribution in [0.25, 0.3) is 0 Å². The summed E-state index contributed by atoms with van der Waals surface area (Å²) in [6.45, 7) is 2.57. The van der Waals surface area contributed by atoms with Crippen LogP contribution in [0.15, 0.2) is 84.9 Å². The van der Waals surface area contributed by atoms with E-state index in [2.05, 4.69) is 0 Å². The van der Waals surface area contributed by atoms with E-state index in [1.54, 1.807) is 41.3 Å². The van der Waals surface area contributed by atoms with Crippen LogP contribution in [-0.2, 0) is 16.1 Å². The van der Waals surface area contributed by atoms with Gasteiger partial charge in [0.2, 0.25) is 0 Å². The fourth-order valence-electron chi connectivity index (χ4n) is 2.82. The quantitative estimate of drug-likeness (QED) is 0.525. The topological polar surface area (TPSA) is 55.8 Å². The molecule has 148 valence electrons. The molecule has 5 nitrogen and oxygen atoms in total. The van der Waals surface area contributed by atoms with Gasteiger partial charge in [-0.25, -0.2) is 4.79 Å². The van der Waals surface area contributed by atoms with Crippen molar-refractivity contribution in [2.75, 3.05) is 13.2 Å². The molecule has 0 saturated carbocycles. The van der Waals surface area contributed by atoms with E-state index in [0.29, 0.717) is 24.6 Å². The van der Waals surface area contributed by atoms with Gasteiger partial charge in [0.15, 0.2) is 6.61 Å². The minimum absolute atomic E-state index is 0.244. The minimum Gasteiger partial charge on any atom is -0.456 e. The molecule has 0 heterocycles. The van der Waals surface area contributed by atoms with E-state index >= 15 is 0 Å². The van der Waals surface area contributed by atoms with Gasteiger partial charge in [0.25, 0.3) is 5.91 Å². The number of para-hydroxylation sites is 2. The molecule has 0 aromatic heterocycles. The molecular formula is C24H23NO4. The number of esters is 1. The van der Waals surface area contributed by atoms with Crippen LogP contribution in [-0.4, -0.2) is 29.9 Å². The van der Waals surface area contributed by atoms with Crippen molar-refractivity contribution in [3.63, 3.8) is 0 Å². The van der Waals surface area contributed by atoms with E-state index in [1.807, 2.05) is 55.5 Å². The highest BCUT2D eigenvalue weighted by Gasteiger charge is 2.18. The van der Waals surface area contributed by atoms with E-state index in [0.717, 1.165) is 5.56 Å². The van der Waals surface area contributed by atoms with E-state index in [4.69, 9.17) is 9.47 Å². The summed E-state index contributed by atoms with van der Waals surface area (Å²) in [5.74, 6) is 0.156. The van der Waals surface area contributed by atoms with E-state index < -0.39 is 5.97 Å². The largest absolute Gasteiger partial charge is 0.456 e. The first-order valence-corrected chi connectivity index (χ1v) is 9.48. The third-order valence-corrected chi connectivity index (χ3v) is 4.36. The number of benzene rings is 3. The van der Waals surface area contributed by atoms with Gasteiger partial charge in [-0.05, 0) is 36.8 Å². The van der Waals surface area contributed by atoms with Crippen LogP contribution in [0.1, 0.15) is 22.8 Å². The molecule has 0 aliphatic rings. The Morgan fingerprint density at radius 2 is 1.45 bits per heavy atom. The molecule has 0 bridgehead atoms. The number of rotatable bonds is 8. The Hall–Kier alpha value is -3.60. The maximum Gasteiger partial charge on any atom is 0.342 e. The molecule has 0 unspecified atom stereocenters. The number of hydrogen-bond acceptors (Lipinski definition) is 4. The summed E-state index contributed by atoms with van der Waals surface area (Å²) >= 11 is 0. The highest BCUT2D eigenvalue weighted by molar-refractivity contribution is 5.94. The first-order valence-electron chi connectivity index (χ1n) is 9.48. The first kappa shape index (κ1) is 20.1. The molecule has 0 saturated heterocycles. The van der Waals surface area contributed by atoms with Crippen molar-refractivity contribution in [3.05, 3.63) is 96.1 Å². The standard InChI is InChI=1S/C24H23NO4/c1-2-25(17-19-11-5-3-6-12-19)23(26)18-28-24(27)21-15-9-10-16-22(21)29-20-13-7-4-8-14-20/h3-16H,2,17-18H2,1H3. The molecule has 3 rings (SSSR count). The lowest BCUT2D eigenvalue weighted by Crippen LogP contribution is -2.34. The molecule has 3 aromatic rings. The second-order valence-corrected chi connectivity index (χ2v) is 6.38. The van der Waals surface area contributed by atoms with Crippen LogP contribution < -0.4 is 4.74 Å². The first-order chi connectivity index (χ1) is 14.2. The van der Waals surface area contributed by atoms with E-state index in [9.17, 15) is 9.59 Å². The SMILES string of the molecule is CCN(Cc1ccccc1)C(=O)COC(=O)c1ccccc1Oc1ccccc1. The Morgan fingerprint density at radius 1 is 0.828 bits per heavy atom. The van der Waals surface area contributed by atoms with Crippen LogP contribution in [0.2, 0.25) is 0 Å². The third kappa shape index (κ3) is 5.69. The average Bonchev–Trinajstić information content (AvgIpc) is 2.77. The summed E-state index contributed by atoms with van der Waals surface area (Å²) < 4.78 is 11.1. The van der Waals surface area contributed by atoms with E-state index in [-0.39, 0.29) is 18.1 Å². The van der Waals surface area contributed by atoms with Crippen LogP contribution in [0.5, 0.6) is 11.5 Å². The lowest BCUT2D eigenvalue weighted by Gasteiger charge is -2.21. The average molecular weight is 389 g/mol. The highest BCUT2D eigenvalue weighted by atomic mass is 16.5. The monoisotopic (exact) mass is 389 g/mol. The van der Waals surface area contributed by atoms with Gasteiger partial charge in [0.05, 0.1) is 0 Å². The summed E-state index contributed by atoms with van der Waals surface area (Å²) in [4.78, 5) is 26.7. The van der Waals surface area contributed by atoms with Gasteiger partial charge in [-0.1, -0.05) is 60.7 Å². The van der Waals surface area contributed by atoms with Crippen LogP contribution in [0.4, 0.5) is 0 Å². The summed E-state index contributed by atoms with van der Waals surface area (Å²) in [5, 5.41) is 0. The summed E-state index contributed by atoms with van der Waals surface area (Å²) in [6, 6.07) is 25.7. The van der Waals surface area contributed by atoms with Gasteiger partial charge in [-0.15, -0.1) is 0 Å². The number of likely N-dealkylation sites (N-methyl/N-ethyl adjacent to an activating group) is 1. The molecule has 3 aromatic carbocycles. The molecule has 0 radical (unpaired) electrons. The molecule has 1 amide bonds. The van der Waals surface area contributed by atoms with Gasteiger partial charge in [-0.3, -0.25) is 4.79 Å². The van der Waals surface area contributed by atoms with Crippen LogP contribution in [0.3, 0.4) is 0 Å². The zero-order chi connectivity index (χ0) is 20.5. The maximum absolute atomic E-state index is 12.6. The van der Waals surface area contributed by atoms with Crippen molar-refractivity contribution in [2.45, 2.75) is 13.5 Å². The molecule has 0 atom stereocenters. The fourth-order valence-corrected chi connectivity index (χ4v) is 2.82. The van der Waals surface area contributed by atoms with Crippen molar-refractivity contribution >= 4 is 11.9 Å². The van der Waals surface area contributed by atoms with Gasteiger partial charge in [-0.2, -0.15) is 0 Å². The number of carbonyl (C=O) groups excluding carboxylic acids is 2. The van der Waals surface area contributed by atoms with Crippen molar-refractivity contribution in [1.82, 2.24) is 4.90 Å². The molecule has 5 heteroatoms. The molecule has 0 spiro atoms. The predicted octanol–water partition coefficient (Wildman–Crippen LogP) is 4.68. The number of nitrogens with zero attached hydrogens (tertiary/aromatic N) is 1. The van der Waals surface area contributed by atoms with Crippen LogP contribution >= 0.6 is 0 Å². The third-order valence-electron chi connectivity index (χ3n) is 4.36. The lowest BCUT2D eigenvalue weighted by atomic mass is 10.2. The number of carbonyl (C=O) groups is 2. The fraction of sp³-hybridized carbons (Fsp3) is 0.167. The van der Waals surface area contributed by atoms with Gasteiger partial charge in [0.1, 0.15) is 17.1 Å². The molecular weight excluding hydrogens is 366 g/mol. The second kappa shape index (κ2) is 10.1.